The van der Waals surface area contributed by atoms with Crippen LogP contribution in [-0.4, -0.2) is 36.4 Å². The number of nitrogens with two attached hydrogens (primary N) is 1. The van der Waals surface area contributed by atoms with Gasteiger partial charge in [-0.25, -0.2) is 0 Å². The van der Waals surface area contributed by atoms with Crippen LogP contribution in [0.4, 0.5) is 5.69 Å². The van der Waals surface area contributed by atoms with Crippen molar-refractivity contribution in [2.45, 2.75) is 25.5 Å². The van der Waals surface area contributed by atoms with Gasteiger partial charge >= 0.3 is 0 Å². The Balaban J connectivity index is 2.11. The average molecular weight is 280 g/mol. The van der Waals surface area contributed by atoms with E-state index < -0.39 is 5.54 Å². The van der Waals surface area contributed by atoms with Crippen LogP contribution in [0.3, 0.4) is 0 Å². The molecule has 0 bridgehead atoms. The number of amides is 1. The highest BCUT2D eigenvalue weighted by Crippen LogP contribution is 2.24. The van der Waals surface area contributed by atoms with Gasteiger partial charge in [-0.05, 0) is 31.5 Å². The van der Waals surface area contributed by atoms with Gasteiger partial charge in [0.2, 0.25) is 5.91 Å². The molecule has 20 heavy (non-hydrogen) atoms. The van der Waals surface area contributed by atoms with E-state index >= 15 is 0 Å². The van der Waals surface area contributed by atoms with Crippen LogP contribution in [0.5, 0.6) is 5.75 Å². The van der Waals surface area contributed by atoms with Crippen LogP contribution in [0, 0.1) is 0 Å². The minimum absolute atomic E-state index is 0.157. The smallest absolute Gasteiger partial charge is 0.246 e. The lowest BCUT2D eigenvalue weighted by molar-refractivity contribution is -0.121. The van der Waals surface area contributed by atoms with Gasteiger partial charge in [-0.3, -0.25) is 4.79 Å². The Morgan fingerprint density at radius 3 is 3.00 bits per heavy atom. The fraction of sp³-hybridized carbons (Fsp3) is 0.500. The van der Waals surface area contributed by atoms with Gasteiger partial charge in [-0.1, -0.05) is 0 Å². The van der Waals surface area contributed by atoms with Gasteiger partial charge in [0.1, 0.15) is 11.3 Å². The van der Waals surface area contributed by atoms with Crippen molar-refractivity contribution in [3.05, 3.63) is 23.8 Å². The van der Waals surface area contributed by atoms with Crippen molar-refractivity contribution in [1.82, 2.24) is 0 Å². The van der Waals surface area contributed by atoms with E-state index in [1.165, 1.54) is 0 Å². The quantitative estimate of drug-likeness (QED) is 0.735. The second kappa shape index (κ2) is 6.21. The number of aliphatic hydroxyl groups is 1. The molecule has 0 saturated carbocycles. The standard InChI is InChI=1S/C14H20N2O4/c1-2-20-12-4-3-11(7-10(12)8-17)16-13(18)14(15)5-6-19-9-14/h3-4,7,17H,2,5-6,8-9,15H2,1H3,(H,16,18). The number of hydrogen-bond donors (Lipinski definition) is 3. The van der Waals surface area contributed by atoms with Crippen LogP contribution in [0.1, 0.15) is 18.9 Å². The summed E-state index contributed by atoms with van der Waals surface area (Å²) in [5, 5.41) is 12.1. The number of benzene rings is 1. The monoisotopic (exact) mass is 280 g/mol. The van der Waals surface area contributed by atoms with Crippen LogP contribution in [0.2, 0.25) is 0 Å². The van der Waals surface area contributed by atoms with Crippen LogP contribution in [0.25, 0.3) is 0 Å². The minimum Gasteiger partial charge on any atom is -0.494 e. The van der Waals surface area contributed by atoms with E-state index in [9.17, 15) is 9.90 Å². The summed E-state index contributed by atoms with van der Waals surface area (Å²) in [4.78, 5) is 12.1. The zero-order chi connectivity index (χ0) is 14.6. The number of carbonyl (C=O) groups is 1. The Kier molecular flexibility index (Phi) is 4.59. The molecule has 1 aliphatic rings. The van der Waals surface area contributed by atoms with E-state index in [4.69, 9.17) is 15.2 Å². The van der Waals surface area contributed by atoms with E-state index in [2.05, 4.69) is 5.32 Å². The molecule has 0 aliphatic carbocycles. The molecular formula is C14H20N2O4. The fourth-order valence-electron chi connectivity index (χ4n) is 2.09. The van der Waals surface area contributed by atoms with E-state index in [-0.39, 0.29) is 19.1 Å². The van der Waals surface area contributed by atoms with Crippen LogP contribution in [-0.2, 0) is 16.1 Å². The molecule has 6 nitrogen and oxygen atoms in total. The lowest BCUT2D eigenvalue weighted by Gasteiger charge is -2.21. The molecule has 1 fully saturated rings. The minimum atomic E-state index is -0.974. The predicted molar refractivity (Wildman–Crippen MR) is 74.5 cm³/mol. The van der Waals surface area contributed by atoms with Gasteiger partial charge in [0.05, 0.1) is 19.8 Å². The first-order valence-corrected chi connectivity index (χ1v) is 6.63. The maximum atomic E-state index is 12.1. The van der Waals surface area contributed by atoms with Crippen molar-refractivity contribution < 1.29 is 19.4 Å². The summed E-state index contributed by atoms with van der Waals surface area (Å²) in [7, 11) is 0. The Hall–Kier alpha value is -1.63. The van der Waals surface area contributed by atoms with Gasteiger partial charge in [0.25, 0.3) is 0 Å². The summed E-state index contributed by atoms with van der Waals surface area (Å²) in [6, 6.07) is 5.13. The molecule has 1 unspecified atom stereocenters. The summed E-state index contributed by atoms with van der Waals surface area (Å²) in [5.41, 5.74) is 6.22. The third kappa shape index (κ3) is 3.09. The fourth-order valence-corrected chi connectivity index (χ4v) is 2.09. The van der Waals surface area contributed by atoms with Gasteiger partial charge in [-0.2, -0.15) is 0 Å². The zero-order valence-corrected chi connectivity index (χ0v) is 11.5. The molecular weight excluding hydrogens is 260 g/mol. The second-order valence-electron chi connectivity index (χ2n) is 4.83. The van der Waals surface area contributed by atoms with E-state index in [0.29, 0.717) is 36.6 Å². The van der Waals surface area contributed by atoms with E-state index in [0.717, 1.165) is 0 Å². The van der Waals surface area contributed by atoms with Crippen molar-refractivity contribution in [1.29, 1.82) is 0 Å². The summed E-state index contributed by atoms with van der Waals surface area (Å²) in [5.74, 6) is 0.336. The number of anilines is 1. The lowest BCUT2D eigenvalue weighted by Crippen LogP contribution is -2.51. The Labute approximate surface area is 117 Å². The Morgan fingerprint density at radius 1 is 1.60 bits per heavy atom. The molecule has 1 amide bonds. The molecule has 1 saturated heterocycles. The number of carbonyl (C=O) groups excluding carboxylic acids is 1. The highest BCUT2D eigenvalue weighted by atomic mass is 16.5. The maximum absolute atomic E-state index is 12.1. The summed E-state index contributed by atoms with van der Waals surface area (Å²) < 4.78 is 10.6. The summed E-state index contributed by atoms with van der Waals surface area (Å²) in [6.07, 6.45) is 0.503. The average Bonchev–Trinajstić information content (AvgIpc) is 2.89. The predicted octanol–water partition coefficient (Wildman–Crippen LogP) is 0.634. The summed E-state index contributed by atoms with van der Waals surface area (Å²) >= 11 is 0. The number of hydrogen-bond acceptors (Lipinski definition) is 5. The van der Waals surface area contributed by atoms with E-state index in [1.807, 2.05) is 6.92 Å². The van der Waals surface area contributed by atoms with Gasteiger partial charge in [-0.15, -0.1) is 0 Å². The largest absolute Gasteiger partial charge is 0.494 e. The topological polar surface area (TPSA) is 93.8 Å². The first-order valence-electron chi connectivity index (χ1n) is 6.63. The number of nitrogens with one attached hydrogen (secondary N) is 1. The van der Waals surface area contributed by atoms with E-state index in [1.54, 1.807) is 18.2 Å². The molecule has 1 heterocycles. The second-order valence-corrected chi connectivity index (χ2v) is 4.83. The third-order valence-electron chi connectivity index (χ3n) is 3.29. The van der Waals surface area contributed by atoms with Crippen LogP contribution in [0.15, 0.2) is 18.2 Å². The van der Waals surface area contributed by atoms with Crippen molar-refractivity contribution >= 4 is 11.6 Å². The lowest BCUT2D eigenvalue weighted by atomic mass is 9.99. The third-order valence-corrected chi connectivity index (χ3v) is 3.29. The molecule has 0 spiro atoms. The first kappa shape index (κ1) is 14.8. The maximum Gasteiger partial charge on any atom is 0.246 e. The molecule has 1 atom stereocenters. The Bertz CT molecular complexity index is 484. The van der Waals surface area contributed by atoms with Crippen molar-refractivity contribution in [3.63, 3.8) is 0 Å². The first-order chi connectivity index (χ1) is 9.59. The van der Waals surface area contributed by atoms with Gasteiger partial charge in [0.15, 0.2) is 0 Å². The molecule has 0 aromatic heterocycles. The van der Waals surface area contributed by atoms with Crippen LogP contribution >= 0.6 is 0 Å². The molecule has 1 aliphatic heterocycles. The normalized spacial score (nSPS) is 21.8. The van der Waals surface area contributed by atoms with Crippen molar-refractivity contribution in [2.75, 3.05) is 25.1 Å². The molecule has 1 aromatic rings. The molecule has 4 N–H and O–H groups in total. The highest BCUT2D eigenvalue weighted by Gasteiger charge is 2.38. The van der Waals surface area contributed by atoms with Crippen LogP contribution < -0.4 is 15.8 Å². The SMILES string of the molecule is CCOc1ccc(NC(=O)C2(N)CCOC2)cc1CO. The summed E-state index contributed by atoms with van der Waals surface area (Å²) in [6.45, 7) is 2.95. The van der Waals surface area contributed by atoms with Gasteiger partial charge < -0.3 is 25.6 Å². The van der Waals surface area contributed by atoms with Crippen molar-refractivity contribution in [2.24, 2.45) is 5.73 Å². The molecule has 0 radical (unpaired) electrons. The number of ether oxygens (including phenoxy) is 2. The number of rotatable bonds is 5. The molecule has 6 heteroatoms. The Morgan fingerprint density at radius 2 is 2.40 bits per heavy atom. The van der Waals surface area contributed by atoms with Crippen molar-refractivity contribution in [3.8, 4) is 5.75 Å². The number of aliphatic hydroxyl groups excluding tert-OH is 1. The zero-order valence-electron chi connectivity index (χ0n) is 11.5. The van der Waals surface area contributed by atoms with Gasteiger partial charge in [0, 0.05) is 17.9 Å². The molecule has 1 aromatic carbocycles. The molecule has 110 valence electrons. The highest BCUT2D eigenvalue weighted by molar-refractivity contribution is 5.98. The molecule has 2 rings (SSSR count).